The van der Waals surface area contributed by atoms with Crippen molar-refractivity contribution in [1.82, 2.24) is 20.4 Å². The smallest absolute Gasteiger partial charge is 0.269 e. The fourth-order valence-electron chi connectivity index (χ4n) is 2.54. The molecular weight excluding hydrogens is 304 g/mol. The molecule has 1 aromatic heterocycles. The van der Waals surface area contributed by atoms with Crippen LogP contribution < -0.4 is 5.32 Å². The summed E-state index contributed by atoms with van der Waals surface area (Å²) in [5, 5.41) is 19.8. The van der Waals surface area contributed by atoms with Crippen molar-refractivity contribution in [3.05, 3.63) is 36.0 Å². The Morgan fingerprint density at radius 2 is 2.04 bits per heavy atom. The summed E-state index contributed by atoms with van der Waals surface area (Å²) in [4.78, 5) is 14.6. The second-order valence-corrected chi connectivity index (χ2v) is 6.93. The van der Waals surface area contributed by atoms with Crippen LogP contribution in [0, 0.1) is 0 Å². The number of H-pyrrole nitrogens is 1. The first-order chi connectivity index (χ1) is 11.3. The fourth-order valence-corrected chi connectivity index (χ4v) is 2.54. The van der Waals surface area contributed by atoms with E-state index in [9.17, 15) is 9.90 Å². The van der Waals surface area contributed by atoms with Crippen molar-refractivity contribution in [2.75, 3.05) is 20.6 Å². The van der Waals surface area contributed by atoms with Crippen LogP contribution in [0.25, 0.3) is 11.3 Å². The Morgan fingerprint density at radius 3 is 2.71 bits per heavy atom. The van der Waals surface area contributed by atoms with Gasteiger partial charge in [0.15, 0.2) is 0 Å². The van der Waals surface area contributed by atoms with Gasteiger partial charge >= 0.3 is 0 Å². The van der Waals surface area contributed by atoms with Crippen LogP contribution in [0.5, 0.6) is 5.75 Å². The van der Waals surface area contributed by atoms with Crippen LogP contribution in [0.1, 0.15) is 37.2 Å². The molecule has 6 heteroatoms. The minimum absolute atomic E-state index is 0.139. The lowest BCUT2D eigenvalue weighted by Gasteiger charge is -2.26. The monoisotopic (exact) mass is 330 g/mol. The lowest BCUT2D eigenvalue weighted by atomic mass is 9.98. The van der Waals surface area contributed by atoms with Gasteiger partial charge in [0.1, 0.15) is 11.4 Å². The van der Waals surface area contributed by atoms with Crippen LogP contribution >= 0.6 is 0 Å². The summed E-state index contributed by atoms with van der Waals surface area (Å²) in [5.74, 6) is -0.0565. The van der Waals surface area contributed by atoms with E-state index in [-0.39, 0.29) is 17.2 Å². The van der Waals surface area contributed by atoms with E-state index in [4.69, 9.17) is 0 Å². The summed E-state index contributed by atoms with van der Waals surface area (Å²) < 4.78 is 0. The summed E-state index contributed by atoms with van der Waals surface area (Å²) in [5.41, 5.74) is 1.23. The highest BCUT2D eigenvalue weighted by molar-refractivity contribution is 5.94. The highest BCUT2D eigenvalue weighted by Gasteiger charge is 2.22. The Balaban J connectivity index is 2.02. The average molecular weight is 330 g/mol. The minimum Gasteiger partial charge on any atom is -0.507 e. The summed E-state index contributed by atoms with van der Waals surface area (Å²) >= 11 is 0. The number of amides is 1. The van der Waals surface area contributed by atoms with Gasteiger partial charge in [-0.3, -0.25) is 9.89 Å². The Hall–Kier alpha value is -2.34. The number of hydrogen-bond donors (Lipinski definition) is 3. The zero-order chi connectivity index (χ0) is 17.7. The van der Waals surface area contributed by atoms with E-state index in [1.807, 2.05) is 34.0 Å². The summed E-state index contributed by atoms with van der Waals surface area (Å²) in [7, 11) is 4.08. The van der Waals surface area contributed by atoms with Crippen LogP contribution in [0.4, 0.5) is 0 Å². The van der Waals surface area contributed by atoms with Crippen molar-refractivity contribution in [3.63, 3.8) is 0 Å². The maximum absolute atomic E-state index is 12.4. The maximum Gasteiger partial charge on any atom is 0.269 e. The zero-order valence-electron chi connectivity index (χ0n) is 14.8. The van der Waals surface area contributed by atoms with Gasteiger partial charge < -0.3 is 15.3 Å². The van der Waals surface area contributed by atoms with E-state index in [2.05, 4.69) is 20.4 Å². The first kappa shape index (κ1) is 18.0. The minimum atomic E-state index is -0.298. The van der Waals surface area contributed by atoms with Crippen molar-refractivity contribution >= 4 is 5.91 Å². The number of hydrogen-bond acceptors (Lipinski definition) is 4. The number of phenols is 1. The molecule has 0 radical (unpaired) electrons. The van der Waals surface area contributed by atoms with Gasteiger partial charge in [-0.05, 0) is 65.5 Å². The molecule has 1 aromatic carbocycles. The van der Waals surface area contributed by atoms with Crippen LogP contribution in [-0.2, 0) is 0 Å². The molecule has 2 rings (SSSR count). The SMILES string of the molecule is CN(C)CCCC(C)(C)NC(=O)c1cc(-c2ccccc2O)n[nH]1. The molecule has 0 aliphatic rings. The predicted octanol–water partition coefficient (Wildman–Crippen LogP) is 2.63. The molecule has 0 bridgehead atoms. The van der Waals surface area contributed by atoms with E-state index in [1.54, 1.807) is 24.3 Å². The third-order valence-electron chi connectivity index (χ3n) is 3.86. The number of aromatic hydroxyl groups is 1. The van der Waals surface area contributed by atoms with E-state index in [0.29, 0.717) is 17.0 Å². The van der Waals surface area contributed by atoms with Crippen molar-refractivity contribution < 1.29 is 9.90 Å². The molecule has 24 heavy (non-hydrogen) atoms. The van der Waals surface area contributed by atoms with E-state index in [1.165, 1.54) is 0 Å². The molecule has 0 spiro atoms. The van der Waals surface area contributed by atoms with Gasteiger partial charge in [-0.1, -0.05) is 12.1 Å². The lowest BCUT2D eigenvalue weighted by Crippen LogP contribution is -2.43. The molecule has 130 valence electrons. The highest BCUT2D eigenvalue weighted by atomic mass is 16.3. The molecule has 1 heterocycles. The molecule has 0 aliphatic carbocycles. The molecule has 1 amide bonds. The van der Waals surface area contributed by atoms with Crippen LogP contribution in [0.2, 0.25) is 0 Å². The van der Waals surface area contributed by atoms with Crippen LogP contribution in [0.15, 0.2) is 30.3 Å². The Labute approximate surface area is 142 Å². The first-order valence-corrected chi connectivity index (χ1v) is 8.09. The molecule has 0 unspecified atom stereocenters. The van der Waals surface area contributed by atoms with E-state index in [0.717, 1.165) is 19.4 Å². The maximum atomic E-state index is 12.4. The first-order valence-electron chi connectivity index (χ1n) is 8.09. The molecule has 0 aliphatic heterocycles. The number of nitrogens with one attached hydrogen (secondary N) is 2. The Kier molecular flexibility index (Phi) is 5.62. The molecule has 3 N–H and O–H groups in total. The largest absolute Gasteiger partial charge is 0.507 e. The highest BCUT2D eigenvalue weighted by Crippen LogP contribution is 2.27. The standard InChI is InChI=1S/C18H26N4O2/c1-18(2,10-7-11-22(3)4)19-17(24)15-12-14(20-21-15)13-8-5-6-9-16(13)23/h5-6,8-9,12,23H,7,10-11H2,1-4H3,(H,19,24)(H,20,21). The number of phenolic OH excluding ortho intramolecular Hbond substituents is 1. The molecule has 0 fully saturated rings. The van der Waals surface area contributed by atoms with Gasteiger partial charge in [-0.2, -0.15) is 5.10 Å². The van der Waals surface area contributed by atoms with Gasteiger partial charge in [-0.15, -0.1) is 0 Å². The zero-order valence-corrected chi connectivity index (χ0v) is 14.8. The van der Waals surface area contributed by atoms with E-state index >= 15 is 0 Å². The second-order valence-electron chi connectivity index (χ2n) is 6.93. The molecular formula is C18H26N4O2. The van der Waals surface area contributed by atoms with E-state index < -0.39 is 0 Å². The van der Waals surface area contributed by atoms with Gasteiger partial charge in [0.2, 0.25) is 0 Å². The third kappa shape index (κ3) is 4.83. The number of aromatic amines is 1. The van der Waals surface area contributed by atoms with Crippen molar-refractivity contribution in [2.24, 2.45) is 0 Å². The summed E-state index contributed by atoms with van der Waals surface area (Å²) in [6, 6.07) is 8.57. The van der Waals surface area contributed by atoms with Crippen LogP contribution in [0.3, 0.4) is 0 Å². The normalized spacial score (nSPS) is 11.7. The van der Waals surface area contributed by atoms with Gasteiger partial charge in [0.05, 0.1) is 5.69 Å². The number of carbonyl (C=O) groups is 1. The molecule has 6 nitrogen and oxygen atoms in total. The van der Waals surface area contributed by atoms with Crippen molar-refractivity contribution in [3.8, 4) is 17.0 Å². The second kappa shape index (κ2) is 7.49. The van der Waals surface area contributed by atoms with Gasteiger partial charge in [-0.25, -0.2) is 0 Å². The fraction of sp³-hybridized carbons (Fsp3) is 0.444. The quantitative estimate of drug-likeness (QED) is 0.729. The van der Waals surface area contributed by atoms with Crippen LogP contribution in [-0.4, -0.2) is 52.3 Å². The van der Waals surface area contributed by atoms with Crippen molar-refractivity contribution in [2.45, 2.75) is 32.2 Å². The topological polar surface area (TPSA) is 81.2 Å². The summed E-state index contributed by atoms with van der Waals surface area (Å²) in [6.07, 6.45) is 1.89. The number of rotatable bonds is 7. The third-order valence-corrected chi connectivity index (χ3v) is 3.86. The Morgan fingerprint density at radius 1 is 1.33 bits per heavy atom. The number of aromatic nitrogens is 2. The molecule has 0 saturated carbocycles. The number of benzene rings is 1. The number of nitrogens with zero attached hydrogens (tertiary/aromatic N) is 2. The Bertz CT molecular complexity index is 692. The average Bonchev–Trinajstić information content (AvgIpc) is 2.96. The van der Waals surface area contributed by atoms with Gasteiger partial charge in [0.25, 0.3) is 5.91 Å². The molecule has 0 saturated heterocycles. The van der Waals surface area contributed by atoms with Crippen molar-refractivity contribution in [1.29, 1.82) is 0 Å². The lowest BCUT2D eigenvalue weighted by molar-refractivity contribution is 0.0902. The molecule has 2 aromatic rings. The predicted molar refractivity (Wildman–Crippen MR) is 95.0 cm³/mol. The van der Waals surface area contributed by atoms with Gasteiger partial charge in [0, 0.05) is 11.1 Å². The number of carbonyl (C=O) groups excluding carboxylic acids is 1. The molecule has 0 atom stereocenters. The number of para-hydroxylation sites is 1. The summed E-state index contributed by atoms with van der Waals surface area (Å²) in [6.45, 7) is 5.02.